The van der Waals surface area contributed by atoms with Gasteiger partial charge in [-0.15, -0.1) is 0 Å². The number of sulfonamides is 1. The molecule has 12 heteroatoms. The van der Waals surface area contributed by atoms with Crippen LogP contribution in [0.4, 0.5) is 0 Å². The lowest BCUT2D eigenvalue weighted by Gasteiger charge is -2.25. The Hall–Kier alpha value is -2.99. The monoisotopic (exact) mass is 539 g/mol. The van der Waals surface area contributed by atoms with Crippen LogP contribution in [-0.4, -0.2) is 60.0 Å². The highest BCUT2D eigenvalue weighted by atomic mass is 32.2. The van der Waals surface area contributed by atoms with Gasteiger partial charge < -0.3 is 21.1 Å². The van der Waals surface area contributed by atoms with Crippen LogP contribution < -0.4 is 16.4 Å². The molecule has 3 atom stereocenters. The lowest BCUT2D eigenvalue weighted by atomic mass is 10.0. The van der Waals surface area contributed by atoms with E-state index in [0.717, 1.165) is 11.2 Å². The molecule has 0 aromatic rings. The van der Waals surface area contributed by atoms with Crippen LogP contribution in [0.3, 0.4) is 0 Å². The van der Waals surface area contributed by atoms with Crippen LogP contribution in [0.15, 0.2) is 35.4 Å². The Labute approximate surface area is 220 Å². The Morgan fingerprint density at radius 1 is 1.24 bits per heavy atom. The summed E-state index contributed by atoms with van der Waals surface area (Å²) in [6, 6.07) is -2.40. The molecule has 0 spiro atoms. The second kappa shape index (κ2) is 14.1. The number of hydrogen-bond acceptors (Lipinski definition) is 8. The largest absolute Gasteiger partial charge is 0.450 e. The lowest BCUT2D eigenvalue weighted by Crippen LogP contribution is -2.53. The van der Waals surface area contributed by atoms with E-state index in [-0.39, 0.29) is 18.1 Å². The molecule has 11 nitrogen and oxygen atoms in total. The van der Waals surface area contributed by atoms with Crippen LogP contribution in [0.2, 0.25) is 0 Å². The van der Waals surface area contributed by atoms with E-state index < -0.39 is 57.3 Å². The van der Waals surface area contributed by atoms with Crippen molar-refractivity contribution in [2.24, 2.45) is 11.7 Å². The minimum atomic E-state index is -4.05. The fourth-order valence-corrected chi connectivity index (χ4v) is 4.97. The van der Waals surface area contributed by atoms with Gasteiger partial charge in [-0.05, 0) is 72.0 Å². The molecule has 1 rings (SSSR count). The highest BCUT2D eigenvalue weighted by Gasteiger charge is 2.37. The SMILES string of the molecule is C/C=C\C(O/C(=C/C)C(=O)NC(CC(C)C)C(=O)N[C@H]1CC[C@@H](C)N(S(=O)(=O)C(C)=N)CC1=O)=C(\C)N. The quantitative estimate of drug-likeness (QED) is 0.108. The number of amides is 2. The third-order valence-electron chi connectivity index (χ3n) is 5.82. The predicted molar refractivity (Wildman–Crippen MR) is 143 cm³/mol. The standard InChI is InChI=1S/C25H41N5O6S/c1-8-10-23(17(6)26)36-22(9-2)25(33)29-20(13-15(3)4)24(32)28-19-12-11-16(5)30(14-21(19)31)37(34,35)18(7)27/h8-10,15-16,19-20,27H,11-14,26H2,1-7H3,(H,28,32)(H,29,33)/b10-8-,22-9+,23-17+,27-18?/t16-,19+,20?/m1/s1. The molecule has 0 aromatic carbocycles. The Morgan fingerprint density at radius 2 is 1.86 bits per heavy atom. The number of carbonyl (C=O) groups is 3. The van der Waals surface area contributed by atoms with Crippen LogP contribution in [0.1, 0.15) is 67.7 Å². The summed E-state index contributed by atoms with van der Waals surface area (Å²) < 4.78 is 31.7. The maximum atomic E-state index is 13.2. The summed E-state index contributed by atoms with van der Waals surface area (Å²) in [6.07, 6.45) is 5.64. The maximum Gasteiger partial charge on any atom is 0.287 e. The van der Waals surface area contributed by atoms with Gasteiger partial charge in [-0.3, -0.25) is 19.8 Å². The molecule has 1 fully saturated rings. The molecule has 1 saturated heterocycles. The van der Waals surface area contributed by atoms with E-state index in [9.17, 15) is 22.8 Å². The average Bonchev–Trinajstić information content (AvgIpc) is 2.94. The Morgan fingerprint density at radius 3 is 2.35 bits per heavy atom. The molecular formula is C25H41N5O6S. The molecule has 0 aliphatic carbocycles. The first kappa shape index (κ1) is 32.0. The van der Waals surface area contributed by atoms with E-state index in [1.165, 1.54) is 6.08 Å². The Balaban J connectivity index is 3.07. The molecule has 0 saturated carbocycles. The van der Waals surface area contributed by atoms with Crippen molar-refractivity contribution < 1.29 is 27.5 Å². The zero-order chi connectivity index (χ0) is 28.5. The van der Waals surface area contributed by atoms with Crippen LogP contribution >= 0.6 is 0 Å². The molecule has 0 bridgehead atoms. The maximum absolute atomic E-state index is 13.2. The number of rotatable bonds is 10. The first-order valence-corrected chi connectivity index (χ1v) is 13.7. The van der Waals surface area contributed by atoms with Gasteiger partial charge in [0.15, 0.2) is 11.5 Å². The summed E-state index contributed by atoms with van der Waals surface area (Å²) in [6.45, 7) is 11.2. The smallest absolute Gasteiger partial charge is 0.287 e. The number of nitrogens with zero attached hydrogens (tertiary/aromatic N) is 1. The van der Waals surface area contributed by atoms with Crippen molar-refractivity contribution >= 4 is 32.7 Å². The average molecular weight is 540 g/mol. The summed E-state index contributed by atoms with van der Waals surface area (Å²) in [5, 5.41) is 12.4. The van der Waals surface area contributed by atoms with Crippen molar-refractivity contribution in [2.45, 2.75) is 85.9 Å². The summed E-state index contributed by atoms with van der Waals surface area (Å²) in [4.78, 5) is 39.1. The van der Waals surface area contributed by atoms with Crippen molar-refractivity contribution in [1.82, 2.24) is 14.9 Å². The zero-order valence-corrected chi connectivity index (χ0v) is 23.6. The van der Waals surface area contributed by atoms with Gasteiger partial charge in [0.25, 0.3) is 15.9 Å². The van der Waals surface area contributed by atoms with E-state index in [0.29, 0.717) is 24.3 Å². The minimum absolute atomic E-state index is 0.0388. The van der Waals surface area contributed by atoms with Gasteiger partial charge in [0, 0.05) is 11.7 Å². The molecule has 5 N–H and O–H groups in total. The van der Waals surface area contributed by atoms with Gasteiger partial charge in [-0.25, -0.2) is 8.42 Å². The molecular weight excluding hydrogens is 498 g/mol. The molecule has 1 aliphatic rings. The lowest BCUT2D eigenvalue weighted by molar-refractivity contribution is -0.131. The second-order valence-electron chi connectivity index (χ2n) is 9.52. The van der Waals surface area contributed by atoms with Gasteiger partial charge in [0.2, 0.25) is 5.91 Å². The van der Waals surface area contributed by atoms with E-state index in [1.807, 2.05) is 13.8 Å². The number of carbonyl (C=O) groups excluding carboxylic acids is 3. The summed E-state index contributed by atoms with van der Waals surface area (Å²) in [5.41, 5.74) is 6.20. The van der Waals surface area contributed by atoms with E-state index >= 15 is 0 Å². The van der Waals surface area contributed by atoms with E-state index in [1.54, 1.807) is 39.8 Å². The molecule has 1 aliphatic heterocycles. The van der Waals surface area contributed by atoms with Crippen molar-refractivity contribution in [3.8, 4) is 0 Å². The van der Waals surface area contributed by atoms with Crippen molar-refractivity contribution in [1.29, 1.82) is 5.41 Å². The van der Waals surface area contributed by atoms with Gasteiger partial charge in [0.05, 0.1) is 12.6 Å². The van der Waals surface area contributed by atoms with Crippen LogP contribution in [0, 0.1) is 11.3 Å². The molecule has 0 aromatic heterocycles. The number of ketones is 1. The number of hydrogen-bond donors (Lipinski definition) is 4. The first-order chi connectivity index (χ1) is 17.1. The van der Waals surface area contributed by atoms with Crippen molar-refractivity contribution in [3.63, 3.8) is 0 Å². The predicted octanol–water partition coefficient (Wildman–Crippen LogP) is 2.07. The fraction of sp³-hybridized carbons (Fsp3) is 0.600. The third-order valence-corrected chi connectivity index (χ3v) is 7.70. The molecule has 208 valence electrons. The topological polar surface area (TPSA) is 172 Å². The molecule has 1 unspecified atom stereocenters. The van der Waals surface area contributed by atoms with Gasteiger partial charge in [0.1, 0.15) is 16.8 Å². The van der Waals surface area contributed by atoms with E-state index in [4.69, 9.17) is 15.9 Å². The summed E-state index contributed by atoms with van der Waals surface area (Å²) >= 11 is 0. The molecule has 2 amide bonds. The normalized spacial score (nSPS) is 21.3. The number of allylic oxidation sites excluding steroid dienone is 4. The number of nitrogens with one attached hydrogen (secondary N) is 3. The van der Waals surface area contributed by atoms with Gasteiger partial charge in [-0.1, -0.05) is 19.9 Å². The van der Waals surface area contributed by atoms with Crippen molar-refractivity contribution in [3.05, 3.63) is 35.4 Å². The highest BCUT2D eigenvalue weighted by molar-refractivity contribution is 8.04. The molecule has 0 radical (unpaired) electrons. The zero-order valence-electron chi connectivity index (χ0n) is 22.8. The third kappa shape index (κ3) is 9.12. The first-order valence-electron chi connectivity index (χ1n) is 12.3. The van der Waals surface area contributed by atoms with Crippen LogP contribution in [-0.2, 0) is 29.1 Å². The van der Waals surface area contributed by atoms with Crippen molar-refractivity contribution in [2.75, 3.05) is 6.54 Å². The second-order valence-corrected chi connectivity index (χ2v) is 11.5. The van der Waals surface area contributed by atoms with Gasteiger partial charge >= 0.3 is 0 Å². The molecule has 1 heterocycles. The summed E-state index contributed by atoms with van der Waals surface area (Å²) in [5.74, 6) is -1.35. The minimum Gasteiger partial charge on any atom is -0.450 e. The Bertz CT molecular complexity index is 1070. The number of nitrogens with two attached hydrogens (primary N) is 1. The van der Waals surface area contributed by atoms with Crippen LogP contribution in [0.25, 0.3) is 0 Å². The fourth-order valence-electron chi connectivity index (χ4n) is 3.74. The van der Waals surface area contributed by atoms with E-state index in [2.05, 4.69) is 10.6 Å². The molecule has 37 heavy (non-hydrogen) atoms. The summed E-state index contributed by atoms with van der Waals surface area (Å²) in [7, 11) is -4.05. The number of Topliss-reactive ketones (excluding diaryl/α,β-unsaturated/α-hetero) is 1. The van der Waals surface area contributed by atoms with Crippen LogP contribution in [0.5, 0.6) is 0 Å². The number of ether oxygens (including phenoxy) is 1. The Kier molecular flexibility index (Phi) is 12.2. The van der Waals surface area contributed by atoms with Gasteiger partial charge in [-0.2, -0.15) is 4.31 Å². The highest BCUT2D eigenvalue weighted by Crippen LogP contribution is 2.20.